The summed E-state index contributed by atoms with van der Waals surface area (Å²) in [4.78, 5) is 21.0. The van der Waals surface area contributed by atoms with Gasteiger partial charge in [0.1, 0.15) is 0 Å². The van der Waals surface area contributed by atoms with Crippen molar-refractivity contribution < 1.29 is 0 Å². The third-order valence-electron chi connectivity index (χ3n) is 3.59. The molecule has 2 N–H and O–H groups in total. The van der Waals surface area contributed by atoms with Crippen LogP contribution in [0.2, 0.25) is 0 Å². The molecule has 0 radical (unpaired) electrons. The van der Waals surface area contributed by atoms with E-state index in [1.165, 1.54) is 0 Å². The monoisotopic (exact) mass is 265 g/mol. The van der Waals surface area contributed by atoms with E-state index in [0.717, 1.165) is 32.6 Å². The maximum atomic E-state index is 12.4. The predicted molar refractivity (Wildman–Crippen MR) is 76.5 cm³/mol. The van der Waals surface area contributed by atoms with Crippen molar-refractivity contribution in [2.75, 3.05) is 38.1 Å². The van der Waals surface area contributed by atoms with Crippen LogP contribution >= 0.6 is 0 Å². The molecule has 1 unspecified atom stereocenters. The number of hydrogen-bond acceptors (Lipinski definition) is 5. The smallest absolute Gasteiger partial charge is 0.293 e. The van der Waals surface area contributed by atoms with Crippen LogP contribution in [0.5, 0.6) is 0 Å². The van der Waals surface area contributed by atoms with Gasteiger partial charge in [0.25, 0.3) is 5.56 Å². The summed E-state index contributed by atoms with van der Waals surface area (Å²) < 4.78 is 1.73. The van der Waals surface area contributed by atoms with Gasteiger partial charge >= 0.3 is 0 Å². The van der Waals surface area contributed by atoms with Gasteiger partial charge in [0.05, 0.1) is 6.04 Å². The molecule has 2 heterocycles. The highest BCUT2D eigenvalue weighted by Crippen LogP contribution is 2.13. The summed E-state index contributed by atoms with van der Waals surface area (Å²) in [5.41, 5.74) is 5.83. The second-order valence-electron chi connectivity index (χ2n) is 5.09. The van der Waals surface area contributed by atoms with Crippen molar-refractivity contribution in [1.82, 2.24) is 14.5 Å². The molecule has 0 aliphatic carbocycles. The van der Waals surface area contributed by atoms with Gasteiger partial charge in [-0.3, -0.25) is 4.79 Å². The number of rotatable bonds is 4. The summed E-state index contributed by atoms with van der Waals surface area (Å²) in [5.74, 6) is 0.541. The fraction of sp³-hybridized carbons (Fsp3) is 0.692. The number of piperazine rings is 1. The Morgan fingerprint density at radius 3 is 2.95 bits per heavy atom. The van der Waals surface area contributed by atoms with E-state index in [2.05, 4.69) is 28.8 Å². The lowest BCUT2D eigenvalue weighted by Gasteiger charge is -2.39. The maximum Gasteiger partial charge on any atom is 0.293 e. The number of aromatic nitrogens is 2. The van der Waals surface area contributed by atoms with Crippen molar-refractivity contribution in [3.8, 4) is 0 Å². The minimum atomic E-state index is -0.00708. The SMILES string of the molecule is CCCn1ccnc(N2CCN(C)CC2CN)c1=O. The van der Waals surface area contributed by atoms with Crippen molar-refractivity contribution in [3.63, 3.8) is 0 Å². The van der Waals surface area contributed by atoms with Crippen LogP contribution < -0.4 is 16.2 Å². The third kappa shape index (κ3) is 2.96. The van der Waals surface area contributed by atoms with Crippen LogP contribution in [0, 0.1) is 0 Å². The van der Waals surface area contributed by atoms with E-state index in [9.17, 15) is 4.79 Å². The summed E-state index contributed by atoms with van der Waals surface area (Å²) in [7, 11) is 2.08. The second kappa shape index (κ2) is 6.16. The number of hydrogen-bond donors (Lipinski definition) is 1. The van der Waals surface area contributed by atoms with Gasteiger partial charge in [-0.2, -0.15) is 0 Å². The van der Waals surface area contributed by atoms with Crippen molar-refractivity contribution in [2.24, 2.45) is 5.73 Å². The largest absolute Gasteiger partial charge is 0.345 e. The molecule has 1 aromatic rings. The number of aryl methyl sites for hydroxylation is 1. The maximum absolute atomic E-state index is 12.4. The van der Waals surface area contributed by atoms with E-state index in [0.29, 0.717) is 12.4 Å². The highest BCUT2D eigenvalue weighted by Gasteiger charge is 2.27. The number of likely N-dealkylation sites (N-methyl/N-ethyl adjacent to an activating group) is 1. The predicted octanol–water partition coefficient (Wildman–Crippen LogP) is -0.268. The molecule has 1 saturated heterocycles. The lowest BCUT2D eigenvalue weighted by atomic mass is 10.2. The van der Waals surface area contributed by atoms with E-state index in [4.69, 9.17) is 5.73 Å². The van der Waals surface area contributed by atoms with Crippen LogP contribution in [0.3, 0.4) is 0 Å². The minimum absolute atomic E-state index is 0.00708. The average molecular weight is 265 g/mol. The summed E-state index contributed by atoms with van der Waals surface area (Å²) in [6.45, 7) is 5.94. The van der Waals surface area contributed by atoms with E-state index >= 15 is 0 Å². The van der Waals surface area contributed by atoms with Gasteiger partial charge in [-0.05, 0) is 13.5 Å². The van der Waals surface area contributed by atoms with Gasteiger partial charge in [-0.15, -0.1) is 0 Å². The zero-order chi connectivity index (χ0) is 13.8. The molecule has 6 heteroatoms. The van der Waals surface area contributed by atoms with Gasteiger partial charge in [0.15, 0.2) is 5.82 Å². The molecule has 0 bridgehead atoms. The third-order valence-corrected chi connectivity index (χ3v) is 3.59. The molecule has 1 aliphatic rings. The molecule has 0 saturated carbocycles. The first-order chi connectivity index (χ1) is 9.17. The fourth-order valence-corrected chi connectivity index (χ4v) is 2.54. The Morgan fingerprint density at radius 1 is 1.47 bits per heavy atom. The van der Waals surface area contributed by atoms with Crippen LogP contribution in [0.4, 0.5) is 5.82 Å². The molecular weight excluding hydrogens is 242 g/mol. The van der Waals surface area contributed by atoms with Crippen LogP contribution in [0.15, 0.2) is 17.2 Å². The Hall–Kier alpha value is -1.40. The molecule has 1 aromatic heterocycles. The summed E-state index contributed by atoms with van der Waals surface area (Å²) >= 11 is 0. The van der Waals surface area contributed by atoms with Gasteiger partial charge in [-0.1, -0.05) is 6.92 Å². The van der Waals surface area contributed by atoms with E-state index < -0.39 is 0 Å². The standard InChI is InChI=1S/C13H23N5O/c1-3-5-17-6-4-15-12(13(17)19)18-8-7-16(2)10-11(18)9-14/h4,6,11H,3,5,7-10,14H2,1-2H3. The zero-order valence-electron chi connectivity index (χ0n) is 11.7. The van der Waals surface area contributed by atoms with Crippen molar-refractivity contribution in [2.45, 2.75) is 25.9 Å². The first-order valence-electron chi connectivity index (χ1n) is 6.88. The number of anilines is 1. The van der Waals surface area contributed by atoms with Crippen molar-refractivity contribution >= 4 is 5.82 Å². The second-order valence-corrected chi connectivity index (χ2v) is 5.09. The van der Waals surface area contributed by atoms with E-state index in [1.807, 2.05) is 0 Å². The molecule has 1 aliphatic heterocycles. The van der Waals surface area contributed by atoms with Gasteiger partial charge in [0, 0.05) is 45.1 Å². The minimum Gasteiger partial charge on any atom is -0.345 e. The zero-order valence-corrected chi connectivity index (χ0v) is 11.7. The number of nitrogens with two attached hydrogens (primary N) is 1. The molecule has 0 aromatic carbocycles. The molecule has 106 valence electrons. The van der Waals surface area contributed by atoms with Gasteiger partial charge in [-0.25, -0.2) is 4.98 Å². The Morgan fingerprint density at radius 2 is 2.26 bits per heavy atom. The van der Waals surface area contributed by atoms with Crippen LogP contribution in [0.25, 0.3) is 0 Å². The lowest BCUT2D eigenvalue weighted by molar-refractivity contribution is 0.268. The van der Waals surface area contributed by atoms with Crippen molar-refractivity contribution in [1.29, 1.82) is 0 Å². The van der Waals surface area contributed by atoms with Crippen molar-refractivity contribution in [3.05, 3.63) is 22.7 Å². The highest BCUT2D eigenvalue weighted by atomic mass is 16.1. The van der Waals surface area contributed by atoms with Crippen LogP contribution in [-0.2, 0) is 6.54 Å². The van der Waals surface area contributed by atoms with E-state index in [-0.39, 0.29) is 11.6 Å². The molecule has 0 amide bonds. The van der Waals surface area contributed by atoms with Gasteiger partial charge < -0.3 is 20.1 Å². The summed E-state index contributed by atoms with van der Waals surface area (Å²) in [5, 5.41) is 0. The average Bonchev–Trinajstić information content (AvgIpc) is 2.42. The van der Waals surface area contributed by atoms with Crippen LogP contribution in [-0.4, -0.2) is 53.7 Å². The molecule has 1 atom stereocenters. The lowest BCUT2D eigenvalue weighted by Crippen LogP contribution is -2.56. The summed E-state index contributed by atoms with van der Waals surface area (Å²) in [6, 6.07) is 0.163. The first kappa shape index (κ1) is 14.0. The number of nitrogens with zero attached hydrogens (tertiary/aromatic N) is 4. The Kier molecular flexibility index (Phi) is 4.55. The quantitative estimate of drug-likeness (QED) is 0.812. The molecule has 0 spiro atoms. The van der Waals surface area contributed by atoms with E-state index in [1.54, 1.807) is 17.0 Å². The molecule has 2 rings (SSSR count). The molecule has 19 heavy (non-hydrogen) atoms. The molecule has 1 fully saturated rings. The topological polar surface area (TPSA) is 67.4 Å². The Labute approximate surface area is 113 Å². The normalized spacial score (nSPS) is 20.8. The van der Waals surface area contributed by atoms with Gasteiger partial charge in [0.2, 0.25) is 0 Å². The van der Waals surface area contributed by atoms with Crippen LogP contribution in [0.1, 0.15) is 13.3 Å². The Bertz CT molecular complexity index is 472. The summed E-state index contributed by atoms with van der Waals surface area (Å²) in [6.07, 6.45) is 4.40. The molecule has 6 nitrogen and oxygen atoms in total. The molecular formula is C13H23N5O. The highest BCUT2D eigenvalue weighted by molar-refractivity contribution is 5.38. The fourth-order valence-electron chi connectivity index (χ4n) is 2.54. The first-order valence-corrected chi connectivity index (χ1v) is 6.88. The Balaban J connectivity index is 2.30.